The number of aromatic nitrogens is 4. The molecule has 4 aromatic rings. The number of nitrogens with zero attached hydrogens (tertiary/aromatic N) is 3. The summed E-state index contributed by atoms with van der Waals surface area (Å²) < 4.78 is 7.16. The van der Waals surface area contributed by atoms with Crippen molar-refractivity contribution < 1.29 is 9.53 Å². The van der Waals surface area contributed by atoms with Crippen molar-refractivity contribution in [2.45, 2.75) is 0 Å². The summed E-state index contributed by atoms with van der Waals surface area (Å²) in [5.74, 6) is -0.0638. The number of amides is 1. The predicted molar refractivity (Wildman–Crippen MR) is 85.9 cm³/mol. The summed E-state index contributed by atoms with van der Waals surface area (Å²) in [4.78, 5) is 27.5. The van der Waals surface area contributed by atoms with Crippen LogP contribution in [0.5, 0.6) is 5.19 Å². The van der Waals surface area contributed by atoms with Crippen molar-refractivity contribution in [1.82, 2.24) is 19.9 Å². The molecule has 0 fully saturated rings. The van der Waals surface area contributed by atoms with E-state index in [4.69, 9.17) is 4.74 Å². The van der Waals surface area contributed by atoms with E-state index in [1.54, 1.807) is 13.3 Å². The van der Waals surface area contributed by atoms with Crippen LogP contribution in [-0.4, -0.2) is 33.0 Å². The van der Waals surface area contributed by atoms with Crippen LogP contribution in [0.4, 0.5) is 5.13 Å². The Labute approximate surface area is 132 Å². The molecule has 0 saturated carbocycles. The summed E-state index contributed by atoms with van der Waals surface area (Å²) in [7, 11) is 1.59. The van der Waals surface area contributed by atoms with Crippen LogP contribution in [0.3, 0.4) is 0 Å². The minimum Gasteiger partial charge on any atom is -0.473 e. The minimum absolute atomic E-state index is 0.254. The molecule has 3 aromatic heterocycles. The van der Waals surface area contributed by atoms with Crippen molar-refractivity contribution in [3.63, 3.8) is 0 Å². The molecule has 110 valence electrons. The fourth-order valence-corrected chi connectivity index (χ4v) is 4.00. The van der Waals surface area contributed by atoms with Gasteiger partial charge in [0.1, 0.15) is 0 Å². The smallest absolute Gasteiger partial charge is 0.293 e. The van der Waals surface area contributed by atoms with Crippen LogP contribution < -0.4 is 10.1 Å². The van der Waals surface area contributed by atoms with Crippen LogP contribution >= 0.6 is 22.7 Å². The lowest BCUT2D eigenvalue weighted by Crippen LogP contribution is -2.13. The van der Waals surface area contributed by atoms with Crippen LogP contribution in [0.2, 0.25) is 0 Å². The van der Waals surface area contributed by atoms with E-state index in [-0.39, 0.29) is 11.7 Å². The van der Waals surface area contributed by atoms with Gasteiger partial charge in [0.25, 0.3) is 11.1 Å². The normalized spacial score (nSPS) is 11.1. The summed E-state index contributed by atoms with van der Waals surface area (Å²) in [5, 5.41) is 3.88. The molecule has 0 saturated heterocycles. The molecule has 0 aliphatic heterocycles. The number of anilines is 1. The second-order valence-electron chi connectivity index (χ2n) is 4.36. The standard InChI is InChI=1S/C13H9N5O2S2/c1-20-13-17-7-3-2-6-8(9(7)22-13)21-12(16-6)18-11(19)10-14-4-5-15-10/h2-5H,1H3,(H,14,15)(H,16,18,19). The Morgan fingerprint density at radius 2 is 2.00 bits per heavy atom. The molecule has 7 nitrogen and oxygen atoms in total. The molecule has 0 radical (unpaired) electrons. The molecule has 0 atom stereocenters. The van der Waals surface area contributed by atoms with Gasteiger partial charge in [0.05, 0.1) is 27.5 Å². The van der Waals surface area contributed by atoms with E-state index in [1.165, 1.54) is 28.9 Å². The molecule has 1 amide bonds. The molecule has 9 heteroatoms. The van der Waals surface area contributed by atoms with Gasteiger partial charge >= 0.3 is 0 Å². The Hall–Kier alpha value is -2.52. The van der Waals surface area contributed by atoms with Crippen molar-refractivity contribution in [1.29, 1.82) is 0 Å². The highest BCUT2D eigenvalue weighted by molar-refractivity contribution is 7.29. The van der Waals surface area contributed by atoms with Gasteiger partial charge in [-0.3, -0.25) is 10.1 Å². The number of nitrogens with one attached hydrogen (secondary N) is 2. The van der Waals surface area contributed by atoms with Gasteiger partial charge in [0.15, 0.2) is 11.0 Å². The Kier molecular flexibility index (Phi) is 3.01. The van der Waals surface area contributed by atoms with Gasteiger partial charge in [-0.1, -0.05) is 22.7 Å². The molecule has 0 bridgehead atoms. The number of thiazole rings is 2. The maximum Gasteiger partial charge on any atom is 0.293 e. The number of ether oxygens (including phenoxy) is 1. The Bertz CT molecular complexity index is 973. The van der Waals surface area contributed by atoms with Crippen molar-refractivity contribution in [2.24, 2.45) is 0 Å². The van der Waals surface area contributed by atoms with Crippen LogP contribution in [0, 0.1) is 0 Å². The van der Waals surface area contributed by atoms with Crippen LogP contribution in [0.1, 0.15) is 10.6 Å². The first-order valence-electron chi connectivity index (χ1n) is 6.29. The number of hydrogen-bond donors (Lipinski definition) is 2. The number of imidazole rings is 1. The quantitative estimate of drug-likeness (QED) is 0.602. The highest BCUT2D eigenvalue weighted by Crippen LogP contribution is 2.38. The lowest BCUT2D eigenvalue weighted by Gasteiger charge is -1.96. The maximum absolute atomic E-state index is 12.0. The second kappa shape index (κ2) is 5.04. The summed E-state index contributed by atoms with van der Waals surface area (Å²) >= 11 is 2.87. The number of benzene rings is 1. The van der Waals surface area contributed by atoms with Crippen LogP contribution in [0.25, 0.3) is 20.4 Å². The number of methoxy groups -OCH3 is 1. The average molecular weight is 331 g/mol. The molecule has 0 spiro atoms. The highest BCUT2D eigenvalue weighted by Gasteiger charge is 2.15. The number of aromatic amines is 1. The van der Waals surface area contributed by atoms with E-state index in [1.807, 2.05) is 12.1 Å². The first-order chi connectivity index (χ1) is 10.7. The third-order valence-electron chi connectivity index (χ3n) is 3.00. The van der Waals surface area contributed by atoms with Gasteiger partial charge in [0.2, 0.25) is 0 Å². The molecule has 2 N–H and O–H groups in total. The third kappa shape index (κ3) is 2.11. The molecule has 4 rings (SSSR count). The van der Waals surface area contributed by atoms with Gasteiger partial charge in [-0.2, -0.15) is 0 Å². The summed E-state index contributed by atoms with van der Waals surface area (Å²) in [6.07, 6.45) is 3.13. The van der Waals surface area contributed by atoms with Gasteiger partial charge in [0, 0.05) is 12.4 Å². The number of carbonyl (C=O) groups is 1. The monoisotopic (exact) mass is 331 g/mol. The molecular weight excluding hydrogens is 322 g/mol. The fourth-order valence-electron chi connectivity index (χ4n) is 2.04. The second-order valence-corrected chi connectivity index (χ2v) is 6.32. The molecule has 0 unspecified atom stereocenters. The first-order valence-corrected chi connectivity index (χ1v) is 7.92. The number of H-pyrrole nitrogens is 1. The SMILES string of the molecule is COc1nc2ccc3nc(NC(=O)c4ncc[nH]4)sc3c2s1. The minimum atomic E-state index is -0.317. The third-order valence-corrected chi connectivity index (χ3v) is 5.18. The Morgan fingerprint density at radius 1 is 1.23 bits per heavy atom. The molecule has 22 heavy (non-hydrogen) atoms. The number of rotatable bonds is 3. The summed E-state index contributed by atoms with van der Waals surface area (Å²) in [6.45, 7) is 0. The van der Waals surface area contributed by atoms with Gasteiger partial charge in [-0.05, 0) is 12.1 Å². The van der Waals surface area contributed by atoms with E-state index in [0.717, 1.165) is 20.4 Å². The summed E-state index contributed by atoms with van der Waals surface area (Å²) in [6, 6.07) is 3.78. The lowest BCUT2D eigenvalue weighted by atomic mass is 10.3. The predicted octanol–water partition coefficient (Wildman–Crippen LogP) is 2.89. The number of fused-ring (bicyclic) bond motifs is 3. The van der Waals surface area contributed by atoms with E-state index in [0.29, 0.717) is 10.3 Å². The number of hydrogen-bond acceptors (Lipinski definition) is 7. The molecule has 0 aliphatic rings. The Morgan fingerprint density at radius 3 is 2.73 bits per heavy atom. The number of carbonyl (C=O) groups excluding carboxylic acids is 1. The van der Waals surface area contributed by atoms with Crippen molar-refractivity contribution in [3.05, 3.63) is 30.4 Å². The zero-order valence-corrected chi connectivity index (χ0v) is 12.9. The van der Waals surface area contributed by atoms with Crippen molar-refractivity contribution >= 4 is 54.1 Å². The van der Waals surface area contributed by atoms with E-state index in [9.17, 15) is 4.79 Å². The molecular formula is C13H9N5O2S2. The van der Waals surface area contributed by atoms with Crippen molar-refractivity contribution in [2.75, 3.05) is 12.4 Å². The van der Waals surface area contributed by atoms with E-state index < -0.39 is 0 Å². The van der Waals surface area contributed by atoms with Crippen LogP contribution in [-0.2, 0) is 0 Å². The topological polar surface area (TPSA) is 92.8 Å². The largest absolute Gasteiger partial charge is 0.473 e. The van der Waals surface area contributed by atoms with E-state index >= 15 is 0 Å². The van der Waals surface area contributed by atoms with Gasteiger partial charge in [-0.25, -0.2) is 15.0 Å². The first kappa shape index (κ1) is 13.2. The lowest BCUT2D eigenvalue weighted by molar-refractivity contribution is 0.101. The van der Waals surface area contributed by atoms with E-state index in [2.05, 4.69) is 25.3 Å². The maximum atomic E-state index is 12.0. The zero-order valence-electron chi connectivity index (χ0n) is 11.3. The van der Waals surface area contributed by atoms with Crippen LogP contribution in [0.15, 0.2) is 24.5 Å². The summed E-state index contributed by atoms with van der Waals surface area (Å²) in [5.41, 5.74) is 1.68. The highest BCUT2D eigenvalue weighted by atomic mass is 32.1. The molecule has 0 aliphatic carbocycles. The molecule has 1 aromatic carbocycles. The Balaban J connectivity index is 1.75. The van der Waals surface area contributed by atoms with Crippen molar-refractivity contribution in [3.8, 4) is 5.19 Å². The zero-order chi connectivity index (χ0) is 15.1. The molecule has 3 heterocycles. The van der Waals surface area contributed by atoms with Gasteiger partial charge < -0.3 is 9.72 Å². The van der Waals surface area contributed by atoms with Gasteiger partial charge in [-0.15, -0.1) is 0 Å². The fraction of sp³-hybridized carbons (Fsp3) is 0.0769. The average Bonchev–Trinajstić information content (AvgIpc) is 3.24.